The van der Waals surface area contributed by atoms with Crippen molar-refractivity contribution in [3.05, 3.63) is 77.4 Å². The van der Waals surface area contributed by atoms with Gasteiger partial charge in [0.15, 0.2) is 11.5 Å². The molecular formula is C31H39NO5S. The maximum absolute atomic E-state index is 12.6. The van der Waals surface area contributed by atoms with Crippen LogP contribution in [-0.4, -0.2) is 39.4 Å². The van der Waals surface area contributed by atoms with Crippen LogP contribution in [0.3, 0.4) is 0 Å². The minimum atomic E-state index is -3.47. The van der Waals surface area contributed by atoms with Crippen LogP contribution >= 0.6 is 0 Å². The number of hydrogen-bond donors (Lipinski definition) is 0. The second-order valence-electron chi connectivity index (χ2n) is 10.1. The minimum Gasteiger partial charge on any atom is -0.454 e. The van der Waals surface area contributed by atoms with E-state index in [0.717, 1.165) is 52.2 Å². The number of para-hydroxylation sites is 2. The van der Waals surface area contributed by atoms with E-state index in [9.17, 15) is 13.2 Å². The Balaban J connectivity index is 0.000000334. The molecule has 204 valence electrons. The number of Topliss-reactive ketones (excluding diaryl/α,β-unsaturated/α-hetero) is 1. The number of fused-ring (bicyclic) bond motifs is 1. The van der Waals surface area contributed by atoms with Gasteiger partial charge in [-0.25, -0.2) is 12.7 Å². The average molecular weight is 538 g/mol. The third-order valence-electron chi connectivity index (χ3n) is 7.13. The molecule has 0 spiro atoms. The Morgan fingerprint density at radius 2 is 1.61 bits per heavy atom. The van der Waals surface area contributed by atoms with E-state index in [0.29, 0.717) is 30.3 Å². The van der Waals surface area contributed by atoms with Gasteiger partial charge in [-0.15, -0.1) is 0 Å². The zero-order valence-electron chi connectivity index (χ0n) is 22.2. The molecule has 3 aromatic carbocycles. The Bertz CT molecular complexity index is 1380. The molecule has 0 aromatic heterocycles. The molecule has 0 radical (unpaired) electrons. The standard InChI is InChI=1S/C23H29NO3S.C7H6O2.CH4/c1-6-18-15-19(9-10-21(18)28(26,27)24(4)5)20-13-17(8-7-16(20)2)14-22(25)23(3)11-12-23;1-2-4-7-6(3-1)8-5-9-7;/h7-10,13,15H,6,11-12,14H2,1-5H3;1-4H,5H2;1H4. The SMILES string of the molecule is C.CCc1cc(-c2cc(CC(=O)C3(C)CC3)ccc2C)ccc1S(=O)(=O)N(C)C.c1ccc2c(c1)OCO2. The molecule has 7 heteroatoms. The second-order valence-corrected chi connectivity index (χ2v) is 12.2. The first kappa shape index (κ1) is 29.4. The summed E-state index contributed by atoms with van der Waals surface area (Å²) in [6.07, 6.45) is 3.07. The van der Waals surface area contributed by atoms with Crippen LogP contribution in [0.4, 0.5) is 0 Å². The summed E-state index contributed by atoms with van der Waals surface area (Å²) < 4.78 is 36.6. The van der Waals surface area contributed by atoms with Gasteiger partial charge in [-0.3, -0.25) is 4.79 Å². The Kier molecular flexibility index (Phi) is 9.05. The van der Waals surface area contributed by atoms with Crippen LogP contribution in [-0.2, 0) is 27.7 Å². The molecule has 0 saturated heterocycles. The van der Waals surface area contributed by atoms with Crippen LogP contribution in [0.5, 0.6) is 11.5 Å². The fraction of sp³-hybridized carbons (Fsp3) is 0.387. The van der Waals surface area contributed by atoms with Gasteiger partial charge in [0.25, 0.3) is 0 Å². The average Bonchev–Trinajstić information content (AvgIpc) is 3.46. The normalized spacial score (nSPS) is 14.8. The summed E-state index contributed by atoms with van der Waals surface area (Å²) in [5.41, 5.74) is 4.84. The van der Waals surface area contributed by atoms with Crippen molar-refractivity contribution < 1.29 is 22.7 Å². The van der Waals surface area contributed by atoms with Crippen molar-refractivity contribution in [2.75, 3.05) is 20.9 Å². The van der Waals surface area contributed by atoms with Gasteiger partial charge >= 0.3 is 0 Å². The zero-order valence-corrected chi connectivity index (χ0v) is 23.0. The van der Waals surface area contributed by atoms with Gasteiger partial charge in [0.1, 0.15) is 5.78 Å². The molecule has 38 heavy (non-hydrogen) atoms. The predicted octanol–water partition coefficient (Wildman–Crippen LogP) is 6.44. The van der Waals surface area contributed by atoms with Crippen molar-refractivity contribution in [3.8, 4) is 22.6 Å². The second kappa shape index (κ2) is 11.7. The minimum absolute atomic E-state index is 0. The summed E-state index contributed by atoms with van der Waals surface area (Å²) >= 11 is 0. The quantitative estimate of drug-likeness (QED) is 0.347. The highest BCUT2D eigenvalue weighted by Gasteiger charge is 2.43. The highest BCUT2D eigenvalue weighted by atomic mass is 32.2. The molecule has 0 amide bonds. The van der Waals surface area contributed by atoms with E-state index in [2.05, 4.69) is 6.07 Å². The third-order valence-corrected chi connectivity index (χ3v) is 9.04. The summed E-state index contributed by atoms with van der Waals surface area (Å²) in [5, 5.41) is 0. The Morgan fingerprint density at radius 3 is 2.16 bits per heavy atom. The topological polar surface area (TPSA) is 72.9 Å². The lowest BCUT2D eigenvalue weighted by Gasteiger charge is -2.17. The van der Waals surface area contributed by atoms with E-state index in [-0.39, 0.29) is 12.8 Å². The number of benzene rings is 3. The number of hydrogen-bond acceptors (Lipinski definition) is 5. The van der Waals surface area contributed by atoms with Crippen molar-refractivity contribution in [1.82, 2.24) is 4.31 Å². The first-order chi connectivity index (χ1) is 17.5. The molecule has 1 saturated carbocycles. The number of nitrogens with zero attached hydrogens (tertiary/aromatic N) is 1. The lowest BCUT2D eigenvalue weighted by molar-refractivity contribution is -0.122. The summed E-state index contributed by atoms with van der Waals surface area (Å²) in [5.74, 6) is 2.00. The number of aryl methyl sites for hydroxylation is 2. The number of carbonyl (C=O) groups is 1. The van der Waals surface area contributed by atoms with E-state index < -0.39 is 10.0 Å². The van der Waals surface area contributed by atoms with Crippen LogP contribution in [0.25, 0.3) is 11.1 Å². The lowest BCUT2D eigenvalue weighted by atomic mass is 9.92. The van der Waals surface area contributed by atoms with E-state index in [4.69, 9.17) is 9.47 Å². The monoisotopic (exact) mass is 537 g/mol. The van der Waals surface area contributed by atoms with Crippen molar-refractivity contribution >= 4 is 15.8 Å². The molecule has 1 heterocycles. The molecule has 1 aliphatic carbocycles. The maximum atomic E-state index is 12.6. The summed E-state index contributed by atoms with van der Waals surface area (Å²) in [7, 11) is -0.375. The van der Waals surface area contributed by atoms with Gasteiger partial charge in [-0.2, -0.15) is 0 Å². The molecule has 1 aliphatic heterocycles. The van der Waals surface area contributed by atoms with Crippen molar-refractivity contribution in [1.29, 1.82) is 0 Å². The summed E-state index contributed by atoms with van der Waals surface area (Å²) in [4.78, 5) is 12.8. The zero-order chi connectivity index (χ0) is 26.8. The van der Waals surface area contributed by atoms with Gasteiger partial charge in [0.05, 0.1) is 4.90 Å². The van der Waals surface area contributed by atoms with Crippen molar-refractivity contribution in [2.45, 2.75) is 58.8 Å². The molecule has 0 bridgehead atoms. The summed E-state index contributed by atoms with van der Waals surface area (Å²) in [6.45, 7) is 6.41. The molecule has 1 fully saturated rings. The highest BCUT2D eigenvalue weighted by molar-refractivity contribution is 7.89. The number of rotatable bonds is 7. The molecular weight excluding hydrogens is 498 g/mol. The van der Waals surface area contributed by atoms with E-state index in [1.807, 2.05) is 69.3 Å². The van der Waals surface area contributed by atoms with Gasteiger partial charge in [0, 0.05) is 25.9 Å². The first-order valence-corrected chi connectivity index (χ1v) is 14.0. The van der Waals surface area contributed by atoms with Gasteiger partial charge < -0.3 is 9.47 Å². The van der Waals surface area contributed by atoms with Crippen LogP contribution in [0, 0.1) is 12.3 Å². The molecule has 0 atom stereocenters. The number of sulfonamides is 1. The van der Waals surface area contributed by atoms with Crippen molar-refractivity contribution in [3.63, 3.8) is 0 Å². The van der Waals surface area contributed by atoms with Crippen molar-refractivity contribution in [2.24, 2.45) is 5.41 Å². The molecule has 2 aliphatic rings. The largest absolute Gasteiger partial charge is 0.454 e. The highest BCUT2D eigenvalue weighted by Crippen LogP contribution is 2.46. The predicted molar refractivity (Wildman–Crippen MR) is 152 cm³/mol. The molecule has 0 unspecified atom stereocenters. The van der Waals surface area contributed by atoms with Gasteiger partial charge in [-0.05, 0) is 78.3 Å². The van der Waals surface area contributed by atoms with E-state index in [1.165, 1.54) is 4.31 Å². The smallest absolute Gasteiger partial charge is 0.242 e. The van der Waals surface area contributed by atoms with Crippen LogP contribution in [0.2, 0.25) is 0 Å². The number of carbonyl (C=O) groups excluding carboxylic acids is 1. The van der Waals surface area contributed by atoms with Crippen LogP contribution in [0.15, 0.2) is 65.6 Å². The Hall–Kier alpha value is -3.16. The fourth-order valence-corrected chi connectivity index (χ4v) is 5.44. The van der Waals surface area contributed by atoms with Crippen LogP contribution < -0.4 is 9.47 Å². The third kappa shape index (κ3) is 6.27. The Morgan fingerprint density at radius 1 is 0.974 bits per heavy atom. The number of ether oxygens (including phenoxy) is 2. The molecule has 3 aromatic rings. The van der Waals surface area contributed by atoms with Crippen LogP contribution in [0.1, 0.15) is 50.8 Å². The Labute approximate surface area is 227 Å². The maximum Gasteiger partial charge on any atom is 0.242 e. The fourth-order valence-electron chi connectivity index (χ4n) is 4.27. The van der Waals surface area contributed by atoms with Gasteiger partial charge in [0.2, 0.25) is 16.8 Å². The lowest BCUT2D eigenvalue weighted by Crippen LogP contribution is -2.23. The first-order valence-electron chi connectivity index (χ1n) is 12.6. The number of ketones is 1. The van der Waals surface area contributed by atoms with Gasteiger partial charge in [-0.1, -0.05) is 57.7 Å². The molecule has 6 nitrogen and oxygen atoms in total. The van der Waals surface area contributed by atoms with E-state index >= 15 is 0 Å². The molecule has 0 N–H and O–H groups in total. The molecule has 5 rings (SSSR count). The van der Waals surface area contributed by atoms with E-state index in [1.54, 1.807) is 20.2 Å². The summed E-state index contributed by atoms with van der Waals surface area (Å²) in [6, 6.07) is 19.3.